The van der Waals surface area contributed by atoms with E-state index in [1.54, 1.807) is 12.3 Å². The molecule has 0 fully saturated rings. The fourth-order valence-corrected chi connectivity index (χ4v) is 1.57. The van der Waals surface area contributed by atoms with Crippen LogP contribution in [0.25, 0.3) is 0 Å². The number of ether oxygens (including phenoxy) is 1. The van der Waals surface area contributed by atoms with E-state index in [1.165, 1.54) is 13.4 Å². The summed E-state index contributed by atoms with van der Waals surface area (Å²) in [5, 5.41) is 3.02. The number of esters is 1. The highest BCUT2D eigenvalue weighted by molar-refractivity contribution is 5.80. The lowest BCUT2D eigenvalue weighted by Gasteiger charge is -2.17. The van der Waals surface area contributed by atoms with Crippen LogP contribution in [-0.2, 0) is 9.53 Å². The van der Waals surface area contributed by atoms with Gasteiger partial charge < -0.3 is 10.1 Å². The van der Waals surface area contributed by atoms with Crippen molar-refractivity contribution >= 4 is 11.8 Å². The summed E-state index contributed by atoms with van der Waals surface area (Å²) in [5.74, 6) is 0.212. The lowest BCUT2D eigenvalue weighted by molar-refractivity contribution is -0.141. The number of carbonyl (C=O) groups is 1. The molecule has 5 nitrogen and oxygen atoms in total. The van der Waals surface area contributed by atoms with Crippen LogP contribution in [0.4, 0.5) is 5.82 Å². The Morgan fingerprint density at radius 2 is 2.06 bits per heavy atom. The van der Waals surface area contributed by atoms with Crippen molar-refractivity contribution in [3.05, 3.63) is 54.5 Å². The van der Waals surface area contributed by atoms with Crippen LogP contribution in [0.15, 0.2) is 48.9 Å². The lowest BCUT2D eigenvalue weighted by atomic mass is 10.1. The molecule has 0 aliphatic carbocycles. The third-order valence-corrected chi connectivity index (χ3v) is 2.44. The molecular formula is C13H13N3O2. The smallest absolute Gasteiger partial charge is 0.333 e. The molecule has 0 amide bonds. The van der Waals surface area contributed by atoms with E-state index in [2.05, 4.69) is 15.3 Å². The lowest BCUT2D eigenvalue weighted by Crippen LogP contribution is -2.22. The number of benzene rings is 1. The first-order valence-corrected chi connectivity index (χ1v) is 5.46. The zero-order valence-electron chi connectivity index (χ0n) is 9.91. The fourth-order valence-electron chi connectivity index (χ4n) is 1.57. The van der Waals surface area contributed by atoms with Crippen LogP contribution in [0.5, 0.6) is 0 Å². The van der Waals surface area contributed by atoms with E-state index in [1.807, 2.05) is 30.3 Å². The van der Waals surface area contributed by atoms with Gasteiger partial charge >= 0.3 is 5.97 Å². The zero-order chi connectivity index (χ0) is 12.8. The van der Waals surface area contributed by atoms with Crippen LogP contribution in [0.1, 0.15) is 11.6 Å². The molecule has 1 heterocycles. The first-order valence-electron chi connectivity index (χ1n) is 5.46. The van der Waals surface area contributed by atoms with Crippen molar-refractivity contribution in [2.75, 3.05) is 12.4 Å². The van der Waals surface area contributed by atoms with Gasteiger partial charge in [-0.3, -0.25) is 0 Å². The number of aromatic nitrogens is 2. The molecule has 5 heteroatoms. The molecule has 1 N–H and O–H groups in total. The van der Waals surface area contributed by atoms with Crippen LogP contribution < -0.4 is 5.32 Å². The van der Waals surface area contributed by atoms with E-state index in [9.17, 15) is 4.79 Å². The summed E-state index contributed by atoms with van der Waals surface area (Å²) in [7, 11) is 1.36. The number of carbonyl (C=O) groups excluding carboxylic acids is 1. The van der Waals surface area contributed by atoms with E-state index >= 15 is 0 Å². The molecule has 18 heavy (non-hydrogen) atoms. The van der Waals surface area contributed by atoms with Gasteiger partial charge in [0, 0.05) is 6.20 Å². The monoisotopic (exact) mass is 243 g/mol. The van der Waals surface area contributed by atoms with Gasteiger partial charge in [-0.25, -0.2) is 14.8 Å². The van der Waals surface area contributed by atoms with Crippen molar-refractivity contribution < 1.29 is 9.53 Å². The van der Waals surface area contributed by atoms with Crippen molar-refractivity contribution in [3.63, 3.8) is 0 Å². The van der Waals surface area contributed by atoms with Gasteiger partial charge in [0.2, 0.25) is 0 Å². The number of rotatable bonds is 4. The third kappa shape index (κ3) is 2.82. The maximum absolute atomic E-state index is 11.8. The minimum Gasteiger partial charge on any atom is -0.467 e. The van der Waals surface area contributed by atoms with Crippen molar-refractivity contribution in [3.8, 4) is 0 Å². The Balaban J connectivity index is 2.24. The molecule has 92 valence electrons. The minimum atomic E-state index is -0.578. The summed E-state index contributed by atoms with van der Waals surface area (Å²) in [6, 6.07) is 10.5. The second kappa shape index (κ2) is 5.77. The highest BCUT2D eigenvalue weighted by Crippen LogP contribution is 2.18. The largest absolute Gasteiger partial charge is 0.467 e. The van der Waals surface area contributed by atoms with E-state index in [0.29, 0.717) is 5.82 Å². The quantitative estimate of drug-likeness (QED) is 0.829. The number of hydrogen-bond acceptors (Lipinski definition) is 5. The van der Waals surface area contributed by atoms with Gasteiger partial charge in [-0.05, 0) is 11.6 Å². The first-order chi connectivity index (χ1) is 8.81. The fraction of sp³-hybridized carbons (Fsp3) is 0.154. The molecule has 1 unspecified atom stereocenters. The Morgan fingerprint density at radius 1 is 1.28 bits per heavy atom. The molecule has 1 aromatic carbocycles. The summed E-state index contributed by atoms with van der Waals surface area (Å²) in [6.07, 6.45) is 3.02. The van der Waals surface area contributed by atoms with Gasteiger partial charge in [0.05, 0.1) is 7.11 Å². The zero-order valence-corrected chi connectivity index (χ0v) is 9.91. The molecule has 0 aliphatic rings. The standard InChI is InChI=1S/C13H13N3O2/c1-18-13(17)12(10-5-3-2-4-6-10)16-11-7-8-14-9-15-11/h2-9,12H,1H3,(H,14,15,16). The Morgan fingerprint density at radius 3 is 2.67 bits per heavy atom. The molecule has 0 saturated carbocycles. The van der Waals surface area contributed by atoms with Crippen molar-refractivity contribution in [1.29, 1.82) is 0 Å². The summed E-state index contributed by atoms with van der Waals surface area (Å²) >= 11 is 0. The van der Waals surface area contributed by atoms with E-state index in [0.717, 1.165) is 5.56 Å². The first kappa shape index (κ1) is 12.0. The Kier molecular flexibility index (Phi) is 3.86. The van der Waals surface area contributed by atoms with Crippen LogP contribution >= 0.6 is 0 Å². The molecule has 1 atom stereocenters. The molecule has 2 aromatic rings. The van der Waals surface area contributed by atoms with E-state index < -0.39 is 6.04 Å². The molecule has 0 spiro atoms. The summed E-state index contributed by atoms with van der Waals surface area (Å²) in [5.41, 5.74) is 0.822. The highest BCUT2D eigenvalue weighted by atomic mass is 16.5. The predicted molar refractivity (Wildman–Crippen MR) is 66.9 cm³/mol. The highest BCUT2D eigenvalue weighted by Gasteiger charge is 2.21. The number of methoxy groups -OCH3 is 1. The summed E-state index contributed by atoms with van der Waals surface area (Å²) in [6.45, 7) is 0. The molecular weight excluding hydrogens is 230 g/mol. The van der Waals surface area contributed by atoms with Crippen molar-refractivity contribution in [2.45, 2.75) is 6.04 Å². The second-order valence-corrected chi connectivity index (χ2v) is 3.61. The van der Waals surface area contributed by atoms with Gasteiger partial charge in [-0.2, -0.15) is 0 Å². The van der Waals surface area contributed by atoms with Crippen LogP contribution in [0, 0.1) is 0 Å². The summed E-state index contributed by atoms with van der Waals surface area (Å²) < 4.78 is 4.79. The van der Waals surface area contributed by atoms with Gasteiger partial charge in [-0.15, -0.1) is 0 Å². The normalized spacial score (nSPS) is 11.6. The summed E-state index contributed by atoms with van der Waals surface area (Å²) in [4.78, 5) is 19.6. The second-order valence-electron chi connectivity index (χ2n) is 3.61. The molecule has 1 aromatic heterocycles. The Labute approximate surface area is 105 Å². The maximum atomic E-state index is 11.8. The van der Waals surface area contributed by atoms with Gasteiger partial charge in [0.1, 0.15) is 12.1 Å². The SMILES string of the molecule is COC(=O)C(Nc1ccncn1)c1ccccc1. The average Bonchev–Trinajstić information content (AvgIpc) is 2.46. The predicted octanol–water partition coefficient (Wildman–Crippen LogP) is 1.80. The molecule has 0 saturated heterocycles. The number of hydrogen-bond donors (Lipinski definition) is 1. The number of nitrogens with one attached hydrogen (secondary N) is 1. The molecule has 2 rings (SSSR count). The van der Waals surface area contributed by atoms with E-state index in [-0.39, 0.29) is 5.97 Å². The number of nitrogens with zero attached hydrogens (tertiary/aromatic N) is 2. The van der Waals surface area contributed by atoms with Crippen molar-refractivity contribution in [2.24, 2.45) is 0 Å². The average molecular weight is 243 g/mol. The maximum Gasteiger partial charge on any atom is 0.333 e. The van der Waals surface area contributed by atoms with Crippen LogP contribution in [0.3, 0.4) is 0 Å². The van der Waals surface area contributed by atoms with Gasteiger partial charge in [0.15, 0.2) is 6.04 Å². The van der Waals surface area contributed by atoms with Gasteiger partial charge in [0.25, 0.3) is 0 Å². The van der Waals surface area contributed by atoms with Crippen molar-refractivity contribution in [1.82, 2.24) is 9.97 Å². The third-order valence-electron chi connectivity index (χ3n) is 2.44. The van der Waals surface area contributed by atoms with E-state index in [4.69, 9.17) is 4.74 Å². The minimum absolute atomic E-state index is 0.361. The Bertz CT molecular complexity index is 502. The molecule has 0 aliphatic heterocycles. The molecule has 0 radical (unpaired) electrons. The topological polar surface area (TPSA) is 64.1 Å². The Hall–Kier alpha value is -2.43. The van der Waals surface area contributed by atoms with Crippen LogP contribution in [0.2, 0.25) is 0 Å². The molecule has 0 bridgehead atoms. The van der Waals surface area contributed by atoms with Gasteiger partial charge in [-0.1, -0.05) is 30.3 Å². The number of anilines is 1. The van der Waals surface area contributed by atoms with Crippen LogP contribution in [-0.4, -0.2) is 23.0 Å².